The van der Waals surface area contributed by atoms with Crippen molar-refractivity contribution in [1.82, 2.24) is 10.2 Å². The fourth-order valence-corrected chi connectivity index (χ4v) is 0.847. The maximum Gasteiger partial charge on any atom is 0.227 e. The van der Waals surface area contributed by atoms with E-state index in [1.807, 2.05) is 6.92 Å². The average Bonchev–Trinajstić information content (AvgIpc) is 2.57. The van der Waals surface area contributed by atoms with Gasteiger partial charge in [0.2, 0.25) is 5.91 Å². The van der Waals surface area contributed by atoms with Crippen LogP contribution >= 0.6 is 0 Å². The van der Waals surface area contributed by atoms with E-state index in [-0.39, 0.29) is 5.91 Å². The Balaban J connectivity index is 2.18. The number of hydrogen-bond donors (Lipinski definition) is 2. The second kappa shape index (κ2) is 5.31. The van der Waals surface area contributed by atoms with Crippen molar-refractivity contribution in [3.05, 3.63) is 12.3 Å². The van der Waals surface area contributed by atoms with Crippen LogP contribution in [0.3, 0.4) is 0 Å². The zero-order chi connectivity index (χ0) is 9.52. The van der Waals surface area contributed by atoms with E-state index in [9.17, 15) is 4.79 Å². The highest BCUT2D eigenvalue weighted by Crippen LogP contribution is 1.99. The number of aromatic nitrogens is 2. The van der Waals surface area contributed by atoms with Gasteiger partial charge in [0.1, 0.15) is 5.82 Å². The number of carbonyl (C=O) groups excluding carboxylic acids is 1. The van der Waals surface area contributed by atoms with E-state index in [0.29, 0.717) is 25.5 Å². The Labute approximate surface area is 76.5 Å². The molecule has 0 radical (unpaired) electrons. The van der Waals surface area contributed by atoms with Crippen molar-refractivity contribution >= 4 is 11.7 Å². The van der Waals surface area contributed by atoms with E-state index in [1.54, 1.807) is 12.3 Å². The summed E-state index contributed by atoms with van der Waals surface area (Å²) < 4.78 is 5.04. The first-order valence-corrected chi connectivity index (χ1v) is 4.20. The molecule has 1 amide bonds. The van der Waals surface area contributed by atoms with Crippen LogP contribution in [0, 0.1) is 0 Å². The lowest BCUT2D eigenvalue weighted by atomic mass is 10.4. The molecule has 5 heteroatoms. The lowest BCUT2D eigenvalue weighted by Gasteiger charge is -2.01. The first-order valence-electron chi connectivity index (χ1n) is 4.20. The minimum Gasteiger partial charge on any atom is -0.381 e. The smallest absolute Gasteiger partial charge is 0.227 e. The highest BCUT2D eigenvalue weighted by atomic mass is 16.5. The molecule has 1 heterocycles. The number of nitrogens with one attached hydrogen (secondary N) is 2. The van der Waals surface area contributed by atoms with Gasteiger partial charge in [0, 0.05) is 12.7 Å². The Morgan fingerprint density at radius 2 is 2.62 bits per heavy atom. The first kappa shape index (κ1) is 9.73. The molecular formula is C8H13N3O2. The van der Waals surface area contributed by atoms with Crippen LogP contribution in [0.25, 0.3) is 0 Å². The second-order valence-corrected chi connectivity index (χ2v) is 2.47. The standard InChI is InChI=1S/C8H13N3O2/c1-2-13-6-4-8(12)10-7-3-5-9-11-7/h3,5H,2,4,6H2,1H3,(H2,9,10,11,12). The summed E-state index contributed by atoms with van der Waals surface area (Å²) in [4.78, 5) is 11.1. The van der Waals surface area contributed by atoms with Crippen LogP contribution in [-0.4, -0.2) is 29.3 Å². The molecule has 72 valence electrons. The summed E-state index contributed by atoms with van der Waals surface area (Å²) in [6.45, 7) is 2.99. The summed E-state index contributed by atoms with van der Waals surface area (Å²) >= 11 is 0. The van der Waals surface area contributed by atoms with Gasteiger partial charge in [-0.05, 0) is 6.92 Å². The van der Waals surface area contributed by atoms with Gasteiger partial charge >= 0.3 is 0 Å². The van der Waals surface area contributed by atoms with E-state index in [4.69, 9.17) is 4.74 Å². The Hall–Kier alpha value is -1.36. The quantitative estimate of drug-likeness (QED) is 0.663. The van der Waals surface area contributed by atoms with Gasteiger partial charge in [-0.3, -0.25) is 9.89 Å². The highest BCUT2D eigenvalue weighted by molar-refractivity contribution is 5.89. The van der Waals surface area contributed by atoms with Gasteiger partial charge in [0.25, 0.3) is 0 Å². The predicted octanol–water partition coefficient (Wildman–Crippen LogP) is 0.775. The molecule has 1 rings (SSSR count). The molecule has 1 aromatic heterocycles. The fourth-order valence-electron chi connectivity index (χ4n) is 0.847. The normalized spacial score (nSPS) is 9.92. The summed E-state index contributed by atoms with van der Waals surface area (Å²) in [6, 6.07) is 1.69. The number of ether oxygens (including phenoxy) is 1. The Bertz CT molecular complexity index is 246. The van der Waals surface area contributed by atoms with Gasteiger partial charge in [-0.1, -0.05) is 0 Å². The number of nitrogens with zero attached hydrogens (tertiary/aromatic N) is 1. The number of aromatic amines is 1. The zero-order valence-electron chi connectivity index (χ0n) is 7.54. The van der Waals surface area contributed by atoms with Crippen molar-refractivity contribution in [3.8, 4) is 0 Å². The molecule has 0 bridgehead atoms. The Morgan fingerprint density at radius 3 is 3.23 bits per heavy atom. The van der Waals surface area contributed by atoms with Crippen molar-refractivity contribution in [2.75, 3.05) is 18.5 Å². The molecule has 0 aliphatic heterocycles. The SMILES string of the molecule is CCOCCC(=O)Nc1ccn[nH]1. The third-order valence-corrected chi connectivity index (χ3v) is 1.45. The zero-order valence-corrected chi connectivity index (χ0v) is 7.54. The van der Waals surface area contributed by atoms with Crippen LogP contribution in [-0.2, 0) is 9.53 Å². The van der Waals surface area contributed by atoms with Crippen molar-refractivity contribution in [2.24, 2.45) is 0 Å². The largest absolute Gasteiger partial charge is 0.381 e. The van der Waals surface area contributed by atoms with Gasteiger partial charge in [-0.15, -0.1) is 0 Å². The van der Waals surface area contributed by atoms with E-state index >= 15 is 0 Å². The van der Waals surface area contributed by atoms with Crippen LogP contribution in [0.4, 0.5) is 5.82 Å². The number of amides is 1. The molecule has 0 spiro atoms. The second-order valence-electron chi connectivity index (χ2n) is 2.47. The number of H-pyrrole nitrogens is 1. The van der Waals surface area contributed by atoms with E-state index in [2.05, 4.69) is 15.5 Å². The summed E-state index contributed by atoms with van der Waals surface area (Å²) in [7, 11) is 0. The molecule has 5 nitrogen and oxygen atoms in total. The van der Waals surface area contributed by atoms with Crippen molar-refractivity contribution in [2.45, 2.75) is 13.3 Å². The molecular weight excluding hydrogens is 170 g/mol. The molecule has 0 saturated heterocycles. The number of anilines is 1. The summed E-state index contributed by atoms with van der Waals surface area (Å²) in [5.74, 6) is 0.541. The minimum absolute atomic E-state index is 0.0716. The predicted molar refractivity (Wildman–Crippen MR) is 48.3 cm³/mol. The molecule has 1 aromatic rings. The molecule has 13 heavy (non-hydrogen) atoms. The van der Waals surface area contributed by atoms with Crippen LogP contribution in [0.5, 0.6) is 0 Å². The van der Waals surface area contributed by atoms with E-state index in [0.717, 1.165) is 0 Å². The van der Waals surface area contributed by atoms with Crippen LogP contribution in [0.2, 0.25) is 0 Å². The molecule has 0 fully saturated rings. The number of hydrogen-bond acceptors (Lipinski definition) is 3. The first-order chi connectivity index (χ1) is 6.33. The van der Waals surface area contributed by atoms with Crippen molar-refractivity contribution in [1.29, 1.82) is 0 Å². The number of carbonyl (C=O) groups is 1. The van der Waals surface area contributed by atoms with Crippen molar-refractivity contribution < 1.29 is 9.53 Å². The van der Waals surface area contributed by atoms with Crippen molar-refractivity contribution in [3.63, 3.8) is 0 Å². The summed E-state index contributed by atoms with van der Waals surface area (Å²) in [5.41, 5.74) is 0. The molecule has 0 aliphatic carbocycles. The summed E-state index contributed by atoms with van der Waals surface area (Å²) in [5, 5.41) is 8.98. The molecule has 2 N–H and O–H groups in total. The Kier molecular flexibility index (Phi) is 3.98. The lowest BCUT2D eigenvalue weighted by Crippen LogP contribution is -2.14. The molecule has 0 aliphatic rings. The average molecular weight is 183 g/mol. The van der Waals surface area contributed by atoms with Crippen LogP contribution in [0.15, 0.2) is 12.3 Å². The number of rotatable bonds is 5. The van der Waals surface area contributed by atoms with E-state index < -0.39 is 0 Å². The third kappa shape index (κ3) is 3.71. The molecule has 0 aromatic carbocycles. The molecule has 0 saturated carbocycles. The van der Waals surface area contributed by atoms with Crippen LogP contribution in [0.1, 0.15) is 13.3 Å². The minimum atomic E-state index is -0.0716. The summed E-state index contributed by atoms with van der Waals surface area (Å²) in [6.07, 6.45) is 1.95. The monoisotopic (exact) mass is 183 g/mol. The van der Waals surface area contributed by atoms with Gasteiger partial charge in [-0.25, -0.2) is 0 Å². The fraction of sp³-hybridized carbons (Fsp3) is 0.500. The topological polar surface area (TPSA) is 67.0 Å². The third-order valence-electron chi connectivity index (χ3n) is 1.45. The van der Waals surface area contributed by atoms with Gasteiger partial charge < -0.3 is 10.1 Å². The lowest BCUT2D eigenvalue weighted by molar-refractivity contribution is -0.117. The highest BCUT2D eigenvalue weighted by Gasteiger charge is 2.01. The Morgan fingerprint density at radius 1 is 1.77 bits per heavy atom. The van der Waals surface area contributed by atoms with Gasteiger partial charge in [-0.2, -0.15) is 5.10 Å². The molecule has 0 atom stereocenters. The van der Waals surface area contributed by atoms with E-state index in [1.165, 1.54) is 0 Å². The maximum absolute atomic E-state index is 11.1. The van der Waals surface area contributed by atoms with Crippen LogP contribution < -0.4 is 5.32 Å². The van der Waals surface area contributed by atoms with Gasteiger partial charge in [0.05, 0.1) is 19.2 Å². The maximum atomic E-state index is 11.1. The van der Waals surface area contributed by atoms with Gasteiger partial charge in [0.15, 0.2) is 0 Å². The molecule has 0 unspecified atom stereocenters.